The van der Waals surface area contributed by atoms with Gasteiger partial charge in [0.2, 0.25) is 0 Å². The van der Waals surface area contributed by atoms with Gasteiger partial charge in [0.05, 0.1) is 12.2 Å². The maximum Gasteiger partial charge on any atom is 0.251 e. The van der Waals surface area contributed by atoms with Gasteiger partial charge in [0, 0.05) is 34.3 Å². The summed E-state index contributed by atoms with van der Waals surface area (Å²) in [5, 5.41) is 8.20. The van der Waals surface area contributed by atoms with Gasteiger partial charge in [0.1, 0.15) is 0 Å². The molecular formula is C22H24ClN3OS. The van der Waals surface area contributed by atoms with Gasteiger partial charge in [-0.2, -0.15) is 16.9 Å². The number of aromatic nitrogens is 2. The Balaban J connectivity index is 1.41. The van der Waals surface area contributed by atoms with Crippen LogP contribution < -0.4 is 5.32 Å². The van der Waals surface area contributed by atoms with Crippen LogP contribution in [0.5, 0.6) is 0 Å². The van der Waals surface area contributed by atoms with E-state index < -0.39 is 0 Å². The van der Waals surface area contributed by atoms with Crippen LogP contribution in [-0.2, 0) is 12.3 Å². The van der Waals surface area contributed by atoms with Crippen LogP contribution in [-0.4, -0.2) is 28.0 Å². The predicted octanol–water partition coefficient (Wildman–Crippen LogP) is 4.86. The van der Waals surface area contributed by atoms with Crippen LogP contribution in [0.25, 0.3) is 0 Å². The minimum atomic E-state index is -0.0373. The third-order valence-corrected chi connectivity index (χ3v) is 5.65. The Labute approximate surface area is 175 Å². The van der Waals surface area contributed by atoms with Crippen molar-refractivity contribution in [2.75, 3.05) is 12.3 Å². The number of carbonyl (C=O) groups excluding carboxylic acids is 1. The summed E-state index contributed by atoms with van der Waals surface area (Å²) in [7, 11) is 0. The molecule has 1 aromatic heterocycles. The molecule has 28 heavy (non-hydrogen) atoms. The Kier molecular flexibility index (Phi) is 7.18. The summed E-state index contributed by atoms with van der Waals surface area (Å²) >= 11 is 7.68. The number of amides is 1. The Bertz CT molecular complexity index is 920. The monoisotopic (exact) mass is 413 g/mol. The highest BCUT2D eigenvalue weighted by Crippen LogP contribution is 2.15. The van der Waals surface area contributed by atoms with Crippen LogP contribution in [0.1, 0.15) is 32.9 Å². The Morgan fingerprint density at radius 2 is 1.75 bits per heavy atom. The number of nitrogens with one attached hydrogen (secondary N) is 1. The van der Waals surface area contributed by atoms with E-state index in [0.717, 1.165) is 33.5 Å². The summed E-state index contributed by atoms with van der Waals surface area (Å²) in [5.41, 5.74) is 5.19. The molecule has 0 saturated heterocycles. The van der Waals surface area contributed by atoms with E-state index in [0.29, 0.717) is 18.7 Å². The molecule has 0 aliphatic heterocycles. The highest BCUT2D eigenvalue weighted by molar-refractivity contribution is 7.98. The van der Waals surface area contributed by atoms with Crippen LogP contribution in [0.3, 0.4) is 0 Å². The van der Waals surface area contributed by atoms with Gasteiger partial charge in [-0.1, -0.05) is 35.9 Å². The van der Waals surface area contributed by atoms with Crippen LogP contribution in [0.15, 0.2) is 54.6 Å². The molecule has 0 saturated carbocycles. The van der Waals surface area contributed by atoms with Crippen LogP contribution in [0.2, 0.25) is 5.02 Å². The van der Waals surface area contributed by atoms with Crippen molar-refractivity contribution in [2.24, 2.45) is 0 Å². The molecule has 0 bridgehead atoms. The summed E-state index contributed by atoms with van der Waals surface area (Å²) in [5.74, 6) is 1.74. The minimum Gasteiger partial charge on any atom is -0.351 e. The highest BCUT2D eigenvalue weighted by Gasteiger charge is 2.06. The number of benzene rings is 2. The SMILES string of the molecule is Cc1cc(C)n(Cc2ccc(C(=O)NCCSCc3ccc(Cl)cc3)cc2)n1. The van der Waals surface area contributed by atoms with Gasteiger partial charge in [0.25, 0.3) is 5.91 Å². The molecule has 0 unspecified atom stereocenters. The standard InChI is InChI=1S/C22H24ClN3OS/c1-16-13-17(2)26(25-16)14-18-3-7-20(8-4-18)22(27)24-11-12-28-15-19-5-9-21(23)10-6-19/h3-10,13H,11-12,14-15H2,1-2H3,(H,24,27). The maximum atomic E-state index is 12.3. The average Bonchev–Trinajstić information content (AvgIpc) is 3.00. The first-order valence-electron chi connectivity index (χ1n) is 9.21. The highest BCUT2D eigenvalue weighted by atomic mass is 35.5. The van der Waals surface area contributed by atoms with Crippen LogP contribution in [0.4, 0.5) is 0 Å². The Morgan fingerprint density at radius 1 is 1.07 bits per heavy atom. The lowest BCUT2D eigenvalue weighted by molar-refractivity contribution is 0.0956. The molecule has 146 valence electrons. The summed E-state index contributed by atoms with van der Waals surface area (Å²) in [6.45, 7) is 5.39. The average molecular weight is 414 g/mol. The predicted molar refractivity (Wildman–Crippen MR) is 117 cm³/mol. The number of thioether (sulfide) groups is 1. The molecular weight excluding hydrogens is 390 g/mol. The molecule has 3 aromatic rings. The number of carbonyl (C=O) groups is 1. The molecule has 2 aromatic carbocycles. The molecule has 1 amide bonds. The Hall–Kier alpha value is -2.24. The van der Waals surface area contributed by atoms with Gasteiger partial charge in [0.15, 0.2) is 0 Å². The zero-order chi connectivity index (χ0) is 19.9. The first-order chi connectivity index (χ1) is 13.5. The van der Waals surface area contributed by atoms with Gasteiger partial charge in [-0.15, -0.1) is 0 Å². The summed E-state index contributed by atoms with van der Waals surface area (Å²) in [6, 6.07) is 17.6. The number of hydrogen-bond acceptors (Lipinski definition) is 3. The molecule has 3 rings (SSSR count). The summed E-state index contributed by atoms with van der Waals surface area (Å²) in [4.78, 5) is 12.3. The summed E-state index contributed by atoms with van der Waals surface area (Å²) < 4.78 is 1.97. The third kappa shape index (κ3) is 5.88. The van der Waals surface area contributed by atoms with Gasteiger partial charge < -0.3 is 5.32 Å². The molecule has 0 spiro atoms. The van der Waals surface area contributed by atoms with E-state index in [1.54, 1.807) is 11.8 Å². The van der Waals surface area contributed by atoms with E-state index in [2.05, 4.69) is 16.5 Å². The molecule has 0 atom stereocenters. The minimum absolute atomic E-state index is 0.0373. The molecule has 6 heteroatoms. The largest absolute Gasteiger partial charge is 0.351 e. The fourth-order valence-corrected chi connectivity index (χ4v) is 3.82. The van der Waals surface area contributed by atoms with Crippen molar-refractivity contribution >= 4 is 29.3 Å². The second-order valence-electron chi connectivity index (χ2n) is 6.72. The fourth-order valence-electron chi connectivity index (χ4n) is 2.88. The van der Waals surface area contributed by atoms with Crippen molar-refractivity contribution < 1.29 is 4.79 Å². The van der Waals surface area contributed by atoms with Crippen molar-refractivity contribution in [3.63, 3.8) is 0 Å². The van der Waals surface area contributed by atoms with Gasteiger partial charge in [-0.25, -0.2) is 0 Å². The van der Waals surface area contributed by atoms with E-state index in [1.165, 1.54) is 5.56 Å². The normalized spacial score (nSPS) is 10.8. The lowest BCUT2D eigenvalue weighted by Crippen LogP contribution is -2.25. The second kappa shape index (κ2) is 9.80. The number of hydrogen-bond donors (Lipinski definition) is 1. The molecule has 0 aliphatic carbocycles. The zero-order valence-corrected chi connectivity index (χ0v) is 17.7. The van der Waals surface area contributed by atoms with E-state index in [4.69, 9.17) is 11.6 Å². The molecule has 0 radical (unpaired) electrons. The number of halogens is 1. The fraction of sp³-hybridized carbons (Fsp3) is 0.273. The molecule has 0 fully saturated rings. The van der Waals surface area contributed by atoms with Crippen molar-refractivity contribution in [1.29, 1.82) is 0 Å². The molecule has 0 aliphatic rings. The maximum absolute atomic E-state index is 12.3. The third-order valence-electron chi connectivity index (χ3n) is 4.37. The zero-order valence-electron chi connectivity index (χ0n) is 16.1. The number of aryl methyl sites for hydroxylation is 2. The van der Waals surface area contributed by atoms with Crippen molar-refractivity contribution in [3.8, 4) is 0 Å². The smallest absolute Gasteiger partial charge is 0.251 e. The van der Waals surface area contributed by atoms with E-state index in [1.807, 2.05) is 67.1 Å². The topological polar surface area (TPSA) is 46.9 Å². The van der Waals surface area contributed by atoms with Gasteiger partial charge >= 0.3 is 0 Å². The van der Waals surface area contributed by atoms with Gasteiger partial charge in [-0.3, -0.25) is 9.48 Å². The van der Waals surface area contributed by atoms with Crippen LogP contribution >= 0.6 is 23.4 Å². The Morgan fingerprint density at radius 3 is 2.39 bits per heavy atom. The number of rotatable bonds is 8. The van der Waals surface area contributed by atoms with Crippen molar-refractivity contribution in [3.05, 3.63) is 87.7 Å². The van der Waals surface area contributed by atoms with Gasteiger partial charge in [-0.05, 0) is 55.3 Å². The molecule has 4 nitrogen and oxygen atoms in total. The molecule has 1 N–H and O–H groups in total. The summed E-state index contributed by atoms with van der Waals surface area (Å²) in [6.07, 6.45) is 0. The van der Waals surface area contributed by atoms with E-state index in [9.17, 15) is 4.79 Å². The van der Waals surface area contributed by atoms with E-state index in [-0.39, 0.29) is 5.91 Å². The van der Waals surface area contributed by atoms with Crippen LogP contribution in [0, 0.1) is 13.8 Å². The van der Waals surface area contributed by atoms with Crippen molar-refractivity contribution in [1.82, 2.24) is 15.1 Å². The first kappa shape index (κ1) is 20.5. The second-order valence-corrected chi connectivity index (χ2v) is 8.26. The number of nitrogens with zero attached hydrogens (tertiary/aromatic N) is 2. The first-order valence-corrected chi connectivity index (χ1v) is 10.7. The quantitative estimate of drug-likeness (QED) is 0.536. The lowest BCUT2D eigenvalue weighted by atomic mass is 10.1. The molecule has 1 heterocycles. The van der Waals surface area contributed by atoms with Crippen molar-refractivity contribution in [2.45, 2.75) is 26.1 Å². The van der Waals surface area contributed by atoms with E-state index >= 15 is 0 Å². The lowest BCUT2D eigenvalue weighted by Gasteiger charge is -2.08.